The second kappa shape index (κ2) is 8.47. The van der Waals surface area contributed by atoms with E-state index in [4.69, 9.17) is 0 Å². The molecule has 1 amide bonds. The Morgan fingerprint density at radius 1 is 1.21 bits per heavy atom. The lowest BCUT2D eigenvalue weighted by molar-refractivity contribution is -0.119. The van der Waals surface area contributed by atoms with Gasteiger partial charge in [-0.15, -0.1) is 5.10 Å². The summed E-state index contributed by atoms with van der Waals surface area (Å²) in [6.45, 7) is 5.56. The first-order valence-corrected chi connectivity index (χ1v) is 9.57. The molecule has 28 heavy (non-hydrogen) atoms. The van der Waals surface area contributed by atoms with Crippen molar-refractivity contribution < 1.29 is 13.6 Å². The zero-order valence-corrected chi connectivity index (χ0v) is 16.4. The molecule has 0 spiro atoms. The van der Waals surface area contributed by atoms with Gasteiger partial charge in [-0.3, -0.25) is 4.79 Å². The highest BCUT2D eigenvalue weighted by Crippen LogP contribution is 2.24. The number of hydrogen-bond acceptors (Lipinski definition) is 5. The number of rotatable bonds is 6. The fraction of sp³-hybridized carbons (Fsp3) is 0.263. The minimum absolute atomic E-state index is 0.0540. The fourth-order valence-electron chi connectivity index (χ4n) is 2.89. The summed E-state index contributed by atoms with van der Waals surface area (Å²) >= 11 is 1.18. The molecule has 0 fully saturated rings. The number of nitrogens with one attached hydrogen (secondary N) is 1. The van der Waals surface area contributed by atoms with Gasteiger partial charge in [0.05, 0.1) is 17.5 Å². The molecule has 0 aliphatic carbocycles. The molecule has 146 valence electrons. The lowest BCUT2D eigenvalue weighted by Gasteiger charge is -2.15. The number of hydrogen-bond donors (Lipinski definition) is 1. The third kappa shape index (κ3) is 4.36. The largest absolute Gasteiger partial charge is 0.349 e. The van der Waals surface area contributed by atoms with E-state index >= 15 is 0 Å². The zero-order chi connectivity index (χ0) is 20.3. The third-order valence-corrected chi connectivity index (χ3v) is 5.15. The van der Waals surface area contributed by atoms with Crippen LogP contribution in [-0.2, 0) is 4.79 Å². The zero-order valence-electron chi connectivity index (χ0n) is 15.6. The van der Waals surface area contributed by atoms with Gasteiger partial charge < -0.3 is 5.32 Å². The van der Waals surface area contributed by atoms with E-state index in [2.05, 4.69) is 20.8 Å². The molecular formula is C19H19F2N5OS. The van der Waals surface area contributed by atoms with E-state index in [-0.39, 0.29) is 17.2 Å². The number of carbonyl (C=O) groups excluding carboxylic acids is 1. The van der Waals surface area contributed by atoms with Crippen LogP contribution in [0.4, 0.5) is 8.78 Å². The van der Waals surface area contributed by atoms with Crippen LogP contribution in [-0.4, -0.2) is 31.9 Å². The summed E-state index contributed by atoms with van der Waals surface area (Å²) < 4.78 is 28.5. The summed E-state index contributed by atoms with van der Waals surface area (Å²) in [4.78, 5) is 12.3. The number of amides is 1. The van der Waals surface area contributed by atoms with Crippen LogP contribution in [0.25, 0.3) is 5.69 Å². The summed E-state index contributed by atoms with van der Waals surface area (Å²) in [5.41, 5.74) is 3.12. The molecule has 0 aliphatic heterocycles. The summed E-state index contributed by atoms with van der Waals surface area (Å²) in [6, 6.07) is 8.57. The number of aryl methyl sites for hydroxylation is 2. The van der Waals surface area contributed by atoms with Crippen molar-refractivity contribution in [1.82, 2.24) is 25.5 Å². The van der Waals surface area contributed by atoms with E-state index in [1.807, 2.05) is 32.0 Å². The summed E-state index contributed by atoms with van der Waals surface area (Å²) in [5, 5.41) is 14.9. The van der Waals surface area contributed by atoms with E-state index in [0.717, 1.165) is 28.9 Å². The molecule has 1 aromatic heterocycles. The maximum absolute atomic E-state index is 13.9. The number of thioether (sulfide) groups is 1. The quantitative estimate of drug-likeness (QED) is 0.638. The molecule has 6 nitrogen and oxygen atoms in total. The molecule has 0 unspecified atom stereocenters. The Morgan fingerprint density at radius 2 is 1.93 bits per heavy atom. The highest BCUT2D eigenvalue weighted by atomic mass is 32.2. The Balaban J connectivity index is 1.67. The van der Waals surface area contributed by atoms with Crippen molar-refractivity contribution >= 4 is 17.7 Å². The van der Waals surface area contributed by atoms with Gasteiger partial charge in [0, 0.05) is 11.6 Å². The van der Waals surface area contributed by atoms with Crippen LogP contribution in [0.15, 0.2) is 41.6 Å². The van der Waals surface area contributed by atoms with Crippen LogP contribution < -0.4 is 5.32 Å². The average molecular weight is 403 g/mol. The van der Waals surface area contributed by atoms with Crippen molar-refractivity contribution in [3.05, 3.63) is 64.7 Å². The Labute approximate surface area is 165 Å². The van der Waals surface area contributed by atoms with Gasteiger partial charge in [0.1, 0.15) is 11.6 Å². The van der Waals surface area contributed by atoms with Crippen molar-refractivity contribution in [2.45, 2.75) is 32.0 Å². The molecule has 0 bridgehead atoms. The average Bonchev–Trinajstić information content (AvgIpc) is 3.08. The molecule has 0 aliphatic rings. The molecule has 0 saturated carbocycles. The monoisotopic (exact) mass is 403 g/mol. The van der Waals surface area contributed by atoms with Crippen molar-refractivity contribution in [3.8, 4) is 5.69 Å². The van der Waals surface area contributed by atoms with Crippen molar-refractivity contribution in [3.63, 3.8) is 0 Å². The summed E-state index contributed by atoms with van der Waals surface area (Å²) in [7, 11) is 0. The van der Waals surface area contributed by atoms with Crippen LogP contribution in [0, 0.1) is 25.5 Å². The molecule has 9 heteroatoms. The van der Waals surface area contributed by atoms with E-state index in [0.29, 0.717) is 5.16 Å². The number of aromatic nitrogens is 4. The molecule has 0 saturated heterocycles. The number of benzene rings is 2. The molecular weight excluding hydrogens is 384 g/mol. The van der Waals surface area contributed by atoms with Crippen molar-refractivity contribution in [2.24, 2.45) is 0 Å². The van der Waals surface area contributed by atoms with Gasteiger partial charge in [0.25, 0.3) is 0 Å². The molecule has 1 atom stereocenters. The Morgan fingerprint density at radius 3 is 2.61 bits per heavy atom. The normalized spacial score (nSPS) is 12.0. The van der Waals surface area contributed by atoms with E-state index in [1.165, 1.54) is 17.8 Å². The Bertz CT molecular complexity index is 987. The lowest BCUT2D eigenvalue weighted by atomic mass is 10.1. The van der Waals surface area contributed by atoms with E-state index in [1.54, 1.807) is 11.6 Å². The first-order valence-electron chi connectivity index (χ1n) is 8.59. The molecule has 3 rings (SSSR count). The first-order chi connectivity index (χ1) is 13.4. The maximum Gasteiger partial charge on any atom is 0.230 e. The number of carbonyl (C=O) groups is 1. The van der Waals surface area contributed by atoms with Gasteiger partial charge in [-0.25, -0.2) is 8.78 Å². The minimum Gasteiger partial charge on any atom is -0.349 e. The highest BCUT2D eigenvalue weighted by molar-refractivity contribution is 7.99. The predicted octanol–water partition coefficient (Wildman–Crippen LogP) is 3.53. The number of nitrogens with zero attached hydrogens (tertiary/aromatic N) is 4. The Kier molecular flexibility index (Phi) is 6.03. The maximum atomic E-state index is 13.9. The van der Waals surface area contributed by atoms with Crippen molar-refractivity contribution in [2.75, 3.05) is 5.75 Å². The van der Waals surface area contributed by atoms with Crippen LogP contribution in [0.3, 0.4) is 0 Å². The Hall–Kier alpha value is -2.81. The lowest BCUT2D eigenvalue weighted by Crippen LogP contribution is -2.28. The summed E-state index contributed by atoms with van der Waals surface area (Å²) in [5.74, 6) is -1.61. The van der Waals surface area contributed by atoms with Crippen LogP contribution in [0.2, 0.25) is 0 Å². The minimum atomic E-state index is -0.695. The van der Waals surface area contributed by atoms with E-state index in [9.17, 15) is 13.6 Å². The second-order valence-corrected chi connectivity index (χ2v) is 7.30. The molecule has 2 aromatic carbocycles. The van der Waals surface area contributed by atoms with Gasteiger partial charge in [-0.05, 0) is 48.4 Å². The number of halogens is 2. The molecule has 1 heterocycles. The molecule has 0 radical (unpaired) electrons. The van der Waals surface area contributed by atoms with Gasteiger partial charge in [-0.2, -0.15) is 4.68 Å². The summed E-state index contributed by atoms with van der Waals surface area (Å²) in [6.07, 6.45) is 0. The van der Waals surface area contributed by atoms with Gasteiger partial charge in [-0.1, -0.05) is 36.0 Å². The molecule has 1 N–H and O–H groups in total. The van der Waals surface area contributed by atoms with Crippen LogP contribution in [0.1, 0.15) is 29.7 Å². The first kappa shape index (κ1) is 19.9. The topological polar surface area (TPSA) is 72.7 Å². The molecule has 3 aromatic rings. The smallest absolute Gasteiger partial charge is 0.230 e. The fourth-order valence-corrected chi connectivity index (χ4v) is 3.58. The highest BCUT2D eigenvalue weighted by Gasteiger charge is 2.17. The van der Waals surface area contributed by atoms with Crippen LogP contribution >= 0.6 is 11.8 Å². The second-order valence-electron chi connectivity index (χ2n) is 6.36. The number of tetrazole rings is 1. The third-order valence-electron chi connectivity index (χ3n) is 4.23. The van der Waals surface area contributed by atoms with Gasteiger partial charge in [0.2, 0.25) is 11.1 Å². The number of para-hydroxylation sites is 1. The van der Waals surface area contributed by atoms with Crippen LogP contribution in [0.5, 0.6) is 0 Å². The van der Waals surface area contributed by atoms with Gasteiger partial charge in [0.15, 0.2) is 0 Å². The van der Waals surface area contributed by atoms with Gasteiger partial charge >= 0.3 is 0 Å². The van der Waals surface area contributed by atoms with Crippen molar-refractivity contribution in [1.29, 1.82) is 0 Å². The predicted molar refractivity (Wildman–Crippen MR) is 102 cm³/mol. The standard InChI is InChI=1S/C19H19F2N5OS/c1-11-5-4-6-12(2)18(11)26-19(23-24-25-26)28-10-17(27)22-13(3)15-8-7-14(20)9-16(15)21/h4-9,13H,10H2,1-3H3,(H,22,27)/t13-/m1/s1. The SMILES string of the molecule is Cc1cccc(C)c1-n1nnnc1SCC(=O)N[C@H](C)c1ccc(F)cc1F. The van der Waals surface area contributed by atoms with E-state index < -0.39 is 17.7 Å².